The van der Waals surface area contributed by atoms with E-state index in [4.69, 9.17) is 23.2 Å². The smallest absolute Gasteiger partial charge is 0.347 e. The number of benzene rings is 2. The molecule has 0 fully saturated rings. The third-order valence-corrected chi connectivity index (χ3v) is 4.50. The fraction of sp³-hybridized carbons (Fsp3) is 0.222. The van der Waals surface area contributed by atoms with Gasteiger partial charge in [-0.3, -0.25) is 14.5 Å². The van der Waals surface area contributed by atoms with Crippen LogP contribution in [0.25, 0.3) is 0 Å². The van der Waals surface area contributed by atoms with E-state index in [0.29, 0.717) is 31.4 Å². The first kappa shape index (κ1) is 22.5. The van der Waals surface area contributed by atoms with Gasteiger partial charge in [-0.05, 0) is 54.4 Å². The van der Waals surface area contributed by atoms with Gasteiger partial charge in [-0.1, -0.05) is 39.1 Å². The lowest BCUT2D eigenvalue weighted by Crippen LogP contribution is -2.47. The molecule has 2 amide bonds. The Labute approximate surface area is 177 Å². The molecule has 150 valence electrons. The van der Waals surface area contributed by atoms with E-state index in [1.54, 1.807) is 18.2 Å². The second-order valence-corrected chi connectivity index (χ2v) is 7.56. The van der Waals surface area contributed by atoms with Crippen LogP contribution in [0.4, 0.5) is 18.9 Å². The second-order valence-electron chi connectivity index (χ2n) is 5.77. The highest BCUT2D eigenvalue weighted by molar-refractivity contribution is 9.10. The average Bonchev–Trinajstić information content (AvgIpc) is 2.58. The highest BCUT2D eigenvalue weighted by atomic mass is 79.9. The van der Waals surface area contributed by atoms with E-state index in [-0.39, 0.29) is 12.2 Å². The number of hydrogen-bond donors (Lipinski definition) is 1. The van der Waals surface area contributed by atoms with Crippen LogP contribution in [0.1, 0.15) is 5.56 Å². The fourth-order valence-electron chi connectivity index (χ4n) is 2.35. The molecule has 0 saturated carbocycles. The van der Waals surface area contributed by atoms with E-state index in [9.17, 15) is 22.8 Å². The first-order chi connectivity index (χ1) is 13.0. The summed E-state index contributed by atoms with van der Waals surface area (Å²) < 4.78 is 39.3. The molecule has 10 heteroatoms. The number of alkyl halides is 3. The molecule has 0 aliphatic carbocycles. The monoisotopic (exact) mass is 496 g/mol. The molecule has 0 spiro atoms. The van der Waals surface area contributed by atoms with Gasteiger partial charge >= 0.3 is 18.0 Å². The van der Waals surface area contributed by atoms with Crippen molar-refractivity contribution in [3.63, 3.8) is 0 Å². The van der Waals surface area contributed by atoms with Crippen LogP contribution in [0.15, 0.2) is 46.9 Å². The SMILES string of the molecule is O=C(NCCc1cc(Cl)cc(Cl)c1)C(=O)N(CC(F)(F)F)c1ccc(Br)cc1. The van der Waals surface area contributed by atoms with E-state index < -0.39 is 24.5 Å². The Balaban J connectivity index is 2.05. The Hall–Kier alpha value is -1.77. The number of nitrogens with one attached hydrogen (secondary N) is 1. The Morgan fingerprint density at radius 1 is 1.04 bits per heavy atom. The summed E-state index contributed by atoms with van der Waals surface area (Å²) in [6.45, 7) is -1.55. The van der Waals surface area contributed by atoms with Gasteiger partial charge in [0.2, 0.25) is 0 Å². The maximum absolute atomic E-state index is 12.9. The zero-order valence-corrected chi connectivity index (χ0v) is 17.3. The topological polar surface area (TPSA) is 49.4 Å². The minimum atomic E-state index is -4.67. The lowest BCUT2D eigenvalue weighted by molar-refractivity contribution is -0.142. The molecule has 2 aromatic rings. The van der Waals surface area contributed by atoms with E-state index in [2.05, 4.69) is 21.2 Å². The van der Waals surface area contributed by atoms with Crippen LogP contribution in [0, 0.1) is 0 Å². The molecular formula is C18H14BrCl2F3N2O2. The van der Waals surface area contributed by atoms with Crippen molar-refractivity contribution in [1.29, 1.82) is 0 Å². The zero-order valence-electron chi connectivity index (χ0n) is 14.2. The van der Waals surface area contributed by atoms with Crippen LogP contribution in [-0.4, -0.2) is 31.1 Å². The van der Waals surface area contributed by atoms with Crippen LogP contribution < -0.4 is 10.2 Å². The van der Waals surface area contributed by atoms with Crippen molar-refractivity contribution in [2.45, 2.75) is 12.6 Å². The summed E-state index contributed by atoms with van der Waals surface area (Å²) in [6, 6.07) is 10.4. The summed E-state index contributed by atoms with van der Waals surface area (Å²) in [5.41, 5.74) is 0.674. The van der Waals surface area contributed by atoms with Crippen LogP contribution in [0.5, 0.6) is 0 Å². The molecule has 0 aliphatic rings. The molecule has 0 bridgehead atoms. The maximum Gasteiger partial charge on any atom is 0.406 e. The number of nitrogens with zero attached hydrogens (tertiary/aromatic N) is 1. The van der Waals surface area contributed by atoms with Gasteiger partial charge < -0.3 is 5.32 Å². The van der Waals surface area contributed by atoms with Crippen molar-refractivity contribution >= 4 is 56.6 Å². The molecule has 28 heavy (non-hydrogen) atoms. The van der Waals surface area contributed by atoms with Gasteiger partial charge in [0.1, 0.15) is 6.54 Å². The molecule has 0 heterocycles. The predicted octanol–water partition coefficient (Wildman–Crippen LogP) is 5.01. The first-order valence-corrected chi connectivity index (χ1v) is 9.47. The highest BCUT2D eigenvalue weighted by Gasteiger charge is 2.36. The summed E-state index contributed by atoms with van der Waals surface area (Å²) in [5, 5.41) is 3.15. The van der Waals surface area contributed by atoms with Gasteiger partial charge in [0.25, 0.3) is 0 Å². The number of carbonyl (C=O) groups excluding carboxylic acids is 2. The molecule has 2 aromatic carbocycles. The molecule has 0 unspecified atom stereocenters. The molecule has 4 nitrogen and oxygen atoms in total. The molecule has 0 radical (unpaired) electrons. The number of rotatable bonds is 5. The van der Waals surface area contributed by atoms with Crippen molar-refractivity contribution in [1.82, 2.24) is 5.32 Å². The molecular weight excluding hydrogens is 484 g/mol. The summed E-state index contributed by atoms with van der Waals surface area (Å²) in [4.78, 5) is 24.8. The number of amides is 2. The Morgan fingerprint density at radius 3 is 2.14 bits per heavy atom. The minimum Gasteiger partial charge on any atom is -0.347 e. The quantitative estimate of drug-likeness (QED) is 0.590. The number of halogens is 6. The molecule has 0 saturated heterocycles. The number of hydrogen-bond acceptors (Lipinski definition) is 2. The third-order valence-electron chi connectivity index (χ3n) is 3.54. The van der Waals surface area contributed by atoms with Gasteiger partial charge in [-0.15, -0.1) is 0 Å². The minimum absolute atomic E-state index is 0.0292. The van der Waals surface area contributed by atoms with E-state index >= 15 is 0 Å². The second kappa shape index (κ2) is 9.62. The van der Waals surface area contributed by atoms with Crippen molar-refractivity contribution in [3.05, 3.63) is 62.5 Å². The molecule has 0 aromatic heterocycles. The Morgan fingerprint density at radius 2 is 1.61 bits per heavy atom. The largest absolute Gasteiger partial charge is 0.406 e. The highest BCUT2D eigenvalue weighted by Crippen LogP contribution is 2.24. The van der Waals surface area contributed by atoms with Gasteiger partial charge in [0, 0.05) is 26.8 Å². The van der Waals surface area contributed by atoms with Crippen LogP contribution in [0.3, 0.4) is 0 Å². The van der Waals surface area contributed by atoms with Crippen LogP contribution in [0.2, 0.25) is 10.0 Å². The fourth-order valence-corrected chi connectivity index (χ4v) is 3.19. The summed E-state index contributed by atoms with van der Waals surface area (Å²) in [7, 11) is 0. The summed E-state index contributed by atoms with van der Waals surface area (Å²) in [5.74, 6) is -2.44. The van der Waals surface area contributed by atoms with E-state index in [1.807, 2.05) is 0 Å². The summed E-state index contributed by atoms with van der Waals surface area (Å²) >= 11 is 14.9. The molecule has 0 atom stereocenters. The lowest BCUT2D eigenvalue weighted by Gasteiger charge is -2.23. The lowest BCUT2D eigenvalue weighted by atomic mass is 10.1. The standard InChI is InChI=1S/C18H14BrCl2F3N2O2/c19-12-1-3-15(4-2-12)26(10-18(22,23)24)17(28)16(27)25-6-5-11-7-13(20)9-14(21)8-11/h1-4,7-9H,5-6,10H2,(H,25,27). The average molecular weight is 498 g/mol. The summed E-state index contributed by atoms with van der Waals surface area (Å²) in [6.07, 6.45) is -4.36. The third kappa shape index (κ3) is 7.00. The van der Waals surface area contributed by atoms with Crippen molar-refractivity contribution in [3.8, 4) is 0 Å². The van der Waals surface area contributed by atoms with Crippen molar-refractivity contribution in [2.24, 2.45) is 0 Å². The van der Waals surface area contributed by atoms with Gasteiger partial charge in [-0.25, -0.2) is 0 Å². The van der Waals surface area contributed by atoms with Crippen molar-refractivity contribution in [2.75, 3.05) is 18.0 Å². The normalized spacial score (nSPS) is 11.2. The van der Waals surface area contributed by atoms with Gasteiger partial charge in [0.05, 0.1) is 0 Å². The molecule has 1 N–H and O–H groups in total. The predicted molar refractivity (Wildman–Crippen MR) is 106 cm³/mol. The van der Waals surface area contributed by atoms with Crippen molar-refractivity contribution < 1.29 is 22.8 Å². The van der Waals surface area contributed by atoms with Gasteiger partial charge in [0.15, 0.2) is 0 Å². The molecule has 0 aliphatic heterocycles. The van der Waals surface area contributed by atoms with Crippen LogP contribution in [-0.2, 0) is 16.0 Å². The first-order valence-electron chi connectivity index (χ1n) is 7.92. The van der Waals surface area contributed by atoms with Crippen LogP contribution >= 0.6 is 39.1 Å². The van der Waals surface area contributed by atoms with E-state index in [1.165, 1.54) is 24.3 Å². The zero-order chi connectivity index (χ0) is 20.9. The maximum atomic E-state index is 12.9. The Bertz CT molecular complexity index is 841. The molecule has 2 rings (SSSR count). The number of anilines is 1. The van der Waals surface area contributed by atoms with E-state index in [0.717, 1.165) is 0 Å². The van der Waals surface area contributed by atoms with Gasteiger partial charge in [-0.2, -0.15) is 13.2 Å². The Kier molecular flexibility index (Phi) is 7.74. The number of carbonyl (C=O) groups is 2.